The Kier molecular flexibility index (Phi) is 5.59. The van der Waals surface area contributed by atoms with E-state index in [1.54, 1.807) is 24.3 Å². The van der Waals surface area contributed by atoms with E-state index in [0.717, 1.165) is 10.4 Å². The zero-order chi connectivity index (χ0) is 23.0. The van der Waals surface area contributed by atoms with Crippen LogP contribution in [0.25, 0.3) is 20.7 Å². The van der Waals surface area contributed by atoms with E-state index in [9.17, 15) is 18.0 Å². The van der Waals surface area contributed by atoms with Gasteiger partial charge in [-0.15, -0.1) is 11.3 Å². The standard InChI is InChI=1S/C24H21N3O4S2/c28-22(27(18-9-5-2-6-10-18)19-11-12-33(30,31)15-19)14-26-16-25-20-13-21(32-23(20)24(26)29)17-7-3-1-4-8-17/h1-10,13,16,19H,11-12,14-15H2. The highest BCUT2D eigenvalue weighted by Gasteiger charge is 2.35. The molecule has 1 aliphatic rings. The molecular formula is C24H21N3O4S2. The van der Waals surface area contributed by atoms with Crippen molar-refractivity contribution in [1.82, 2.24) is 9.55 Å². The minimum absolute atomic E-state index is 0.0548. The van der Waals surface area contributed by atoms with Gasteiger partial charge in [0.15, 0.2) is 9.84 Å². The number of carbonyl (C=O) groups excluding carboxylic acids is 1. The summed E-state index contributed by atoms with van der Waals surface area (Å²) in [5.74, 6) is -0.365. The Morgan fingerprint density at radius 3 is 2.45 bits per heavy atom. The largest absolute Gasteiger partial charge is 0.307 e. The first-order valence-corrected chi connectivity index (χ1v) is 13.2. The third-order valence-corrected chi connectivity index (χ3v) is 8.66. The lowest BCUT2D eigenvalue weighted by Crippen LogP contribution is -2.44. The van der Waals surface area contributed by atoms with Crippen LogP contribution in [0.1, 0.15) is 6.42 Å². The Hall–Kier alpha value is -3.30. The number of aromatic nitrogens is 2. The lowest BCUT2D eigenvalue weighted by atomic mass is 10.1. The Balaban J connectivity index is 1.48. The van der Waals surface area contributed by atoms with Gasteiger partial charge in [0, 0.05) is 10.6 Å². The van der Waals surface area contributed by atoms with Crippen molar-refractivity contribution >= 4 is 43.0 Å². The molecule has 7 nitrogen and oxygen atoms in total. The maximum absolute atomic E-state index is 13.4. The molecule has 0 saturated carbocycles. The predicted molar refractivity (Wildman–Crippen MR) is 130 cm³/mol. The third-order valence-electron chi connectivity index (χ3n) is 5.74. The summed E-state index contributed by atoms with van der Waals surface area (Å²) in [7, 11) is -3.19. The van der Waals surface area contributed by atoms with E-state index in [-0.39, 0.29) is 29.5 Å². The SMILES string of the molecule is O=C(Cn1cnc2cc(-c3ccccc3)sc2c1=O)N(c1ccccc1)C1CCS(=O)(=O)C1. The summed E-state index contributed by atoms with van der Waals surface area (Å²) in [6.07, 6.45) is 1.76. The Morgan fingerprint density at radius 2 is 1.79 bits per heavy atom. The Morgan fingerprint density at radius 1 is 1.09 bits per heavy atom. The van der Waals surface area contributed by atoms with Gasteiger partial charge in [-0.1, -0.05) is 48.5 Å². The molecule has 0 bridgehead atoms. The molecule has 0 N–H and O–H groups in total. The smallest absolute Gasteiger partial charge is 0.271 e. The van der Waals surface area contributed by atoms with Gasteiger partial charge in [-0.05, 0) is 30.2 Å². The second kappa shape index (κ2) is 8.57. The molecule has 1 amide bonds. The summed E-state index contributed by atoms with van der Waals surface area (Å²) in [5.41, 5.74) is 1.93. The first kappa shape index (κ1) is 21.5. The molecule has 9 heteroatoms. The highest BCUT2D eigenvalue weighted by molar-refractivity contribution is 7.91. The van der Waals surface area contributed by atoms with E-state index in [4.69, 9.17) is 0 Å². The highest BCUT2D eigenvalue weighted by atomic mass is 32.2. The molecule has 0 radical (unpaired) electrons. The minimum Gasteiger partial charge on any atom is -0.307 e. The predicted octanol–water partition coefficient (Wildman–Crippen LogP) is 3.35. The van der Waals surface area contributed by atoms with Gasteiger partial charge in [0.1, 0.15) is 11.2 Å². The quantitative estimate of drug-likeness (QED) is 0.438. The fourth-order valence-corrected chi connectivity index (χ4v) is 6.92. The van der Waals surface area contributed by atoms with Gasteiger partial charge >= 0.3 is 0 Å². The number of anilines is 1. The van der Waals surface area contributed by atoms with Crippen LogP contribution in [-0.4, -0.2) is 41.4 Å². The number of rotatable bonds is 5. The first-order chi connectivity index (χ1) is 15.9. The summed E-state index contributed by atoms with van der Waals surface area (Å²) < 4.78 is 25.9. The van der Waals surface area contributed by atoms with Crippen LogP contribution < -0.4 is 10.5 Å². The maximum atomic E-state index is 13.4. The third kappa shape index (κ3) is 4.34. The number of nitrogens with zero attached hydrogens (tertiary/aromatic N) is 3. The monoisotopic (exact) mass is 479 g/mol. The molecule has 3 heterocycles. The van der Waals surface area contributed by atoms with Crippen molar-refractivity contribution in [3.63, 3.8) is 0 Å². The Bertz CT molecular complexity index is 1480. The topological polar surface area (TPSA) is 89.3 Å². The number of thiophene rings is 1. The van der Waals surface area contributed by atoms with Crippen LogP contribution in [-0.2, 0) is 21.2 Å². The van der Waals surface area contributed by atoms with Crippen molar-refractivity contribution in [3.05, 3.63) is 83.4 Å². The second-order valence-corrected chi connectivity index (χ2v) is 11.3. The summed E-state index contributed by atoms with van der Waals surface area (Å²) in [4.78, 5) is 33.4. The van der Waals surface area contributed by atoms with Crippen LogP contribution in [0, 0.1) is 0 Å². The fourth-order valence-electron chi connectivity index (χ4n) is 4.15. The fraction of sp³-hybridized carbons (Fsp3) is 0.208. The van der Waals surface area contributed by atoms with Crippen LogP contribution in [0.5, 0.6) is 0 Å². The average molecular weight is 480 g/mol. The van der Waals surface area contributed by atoms with E-state index in [1.165, 1.54) is 27.1 Å². The number of sulfone groups is 1. The number of amides is 1. The molecule has 5 rings (SSSR count). The molecule has 168 valence electrons. The van der Waals surface area contributed by atoms with Crippen LogP contribution in [0.2, 0.25) is 0 Å². The zero-order valence-electron chi connectivity index (χ0n) is 17.6. The summed E-state index contributed by atoms with van der Waals surface area (Å²) in [5, 5.41) is 0. The summed E-state index contributed by atoms with van der Waals surface area (Å²) in [6, 6.07) is 20.2. The van der Waals surface area contributed by atoms with Gasteiger partial charge < -0.3 is 4.90 Å². The van der Waals surface area contributed by atoms with Gasteiger partial charge in [-0.2, -0.15) is 0 Å². The van der Waals surface area contributed by atoms with Crippen molar-refractivity contribution in [3.8, 4) is 10.4 Å². The minimum atomic E-state index is -3.19. The molecule has 33 heavy (non-hydrogen) atoms. The molecule has 1 atom stereocenters. The van der Waals surface area contributed by atoms with Gasteiger partial charge in [0.25, 0.3) is 5.56 Å². The lowest BCUT2D eigenvalue weighted by molar-refractivity contribution is -0.119. The molecule has 1 saturated heterocycles. The number of benzene rings is 2. The molecule has 2 aromatic heterocycles. The van der Waals surface area contributed by atoms with Gasteiger partial charge in [-0.3, -0.25) is 14.2 Å². The van der Waals surface area contributed by atoms with Gasteiger partial charge in [0.2, 0.25) is 5.91 Å². The molecular weight excluding hydrogens is 458 g/mol. The average Bonchev–Trinajstić information content (AvgIpc) is 3.41. The van der Waals surface area contributed by atoms with Crippen LogP contribution in [0.3, 0.4) is 0 Å². The number of fused-ring (bicyclic) bond motifs is 1. The van der Waals surface area contributed by atoms with E-state index in [2.05, 4.69) is 4.98 Å². The normalized spacial score (nSPS) is 17.3. The van der Waals surface area contributed by atoms with Crippen LogP contribution in [0.4, 0.5) is 5.69 Å². The highest BCUT2D eigenvalue weighted by Crippen LogP contribution is 2.30. The van der Waals surface area contributed by atoms with E-state index >= 15 is 0 Å². The molecule has 1 unspecified atom stereocenters. The molecule has 4 aromatic rings. The Labute approximate surface area is 194 Å². The molecule has 1 fully saturated rings. The van der Waals surface area contributed by atoms with Crippen molar-refractivity contribution in [2.75, 3.05) is 16.4 Å². The van der Waals surface area contributed by atoms with Crippen molar-refractivity contribution in [2.45, 2.75) is 19.0 Å². The molecule has 1 aliphatic heterocycles. The van der Waals surface area contributed by atoms with E-state index in [0.29, 0.717) is 22.3 Å². The second-order valence-electron chi connectivity index (χ2n) is 8.02. The first-order valence-electron chi connectivity index (χ1n) is 10.5. The number of para-hydroxylation sites is 1. The van der Waals surface area contributed by atoms with Gasteiger partial charge in [-0.25, -0.2) is 13.4 Å². The molecule has 0 spiro atoms. The van der Waals surface area contributed by atoms with Crippen molar-refractivity contribution < 1.29 is 13.2 Å². The number of hydrogen-bond donors (Lipinski definition) is 0. The molecule has 2 aromatic carbocycles. The summed E-state index contributed by atoms with van der Waals surface area (Å²) in [6.45, 7) is -0.216. The van der Waals surface area contributed by atoms with E-state index in [1.807, 2.05) is 42.5 Å². The zero-order valence-corrected chi connectivity index (χ0v) is 19.3. The lowest BCUT2D eigenvalue weighted by Gasteiger charge is -2.28. The van der Waals surface area contributed by atoms with Crippen LogP contribution >= 0.6 is 11.3 Å². The van der Waals surface area contributed by atoms with Crippen LogP contribution in [0.15, 0.2) is 77.9 Å². The van der Waals surface area contributed by atoms with E-state index < -0.39 is 15.9 Å². The molecule has 0 aliphatic carbocycles. The van der Waals surface area contributed by atoms with Gasteiger partial charge in [0.05, 0.1) is 29.4 Å². The number of carbonyl (C=O) groups is 1. The maximum Gasteiger partial charge on any atom is 0.271 e. The van der Waals surface area contributed by atoms with Crippen molar-refractivity contribution in [1.29, 1.82) is 0 Å². The summed E-state index contributed by atoms with van der Waals surface area (Å²) >= 11 is 1.35. The van der Waals surface area contributed by atoms with Crippen molar-refractivity contribution in [2.24, 2.45) is 0 Å². The number of hydrogen-bond acceptors (Lipinski definition) is 6.